The van der Waals surface area contributed by atoms with Crippen molar-refractivity contribution >= 4 is 11.7 Å². The zero-order valence-electron chi connectivity index (χ0n) is 13.8. The van der Waals surface area contributed by atoms with Gasteiger partial charge in [-0.05, 0) is 37.3 Å². The number of nitrogens with zero attached hydrogens (tertiary/aromatic N) is 1. The molecule has 1 N–H and O–H groups in total. The van der Waals surface area contributed by atoms with E-state index in [4.69, 9.17) is 4.74 Å². The highest BCUT2D eigenvalue weighted by atomic mass is 16.5. The second-order valence-electron chi connectivity index (χ2n) is 6.21. The molecule has 22 heavy (non-hydrogen) atoms. The van der Waals surface area contributed by atoms with Crippen LogP contribution in [0, 0.1) is 5.92 Å². The molecule has 122 valence electrons. The summed E-state index contributed by atoms with van der Waals surface area (Å²) in [5.74, 6) is 0.408. The summed E-state index contributed by atoms with van der Waals surface area (Å²) in [6.07, 6.45) is 1.63. The number of hydrogen-bond donors (Lipinski definition) is 1. The normalized spacial score (nSPS) is 16.1. The van der Waals surface area contributed by atoms with Gasteiger partial charge in [-0.15, -0.1) is 0 Å². The van der Waals surface area contributed by atoms with E-state index < -0.39 is 0 Å². The monoisotopic (exact) mass is 305 g/mol. The van der Waals surface area contributed by atoms with Gasteiger partial charge in [0, 0.05) is 24.3 Å². The van der Waals surface area contributed by atoms with Gasteiger partial charge in [0.1, 0.15) is 0 Å². The first-order chi connectivity index (χ1) is 10.6. The molecule has 0 radical (unpaired) electrons. The summed E-state index contributed by atoms with van der Waals surface area (Å²) in [5.41, 5.74) is 3.34. The van der Waals surface area contributed by atoms with Gasteiger partial charge >= 0.3 is 5.97 Å². The Bertz CT molecular complexity index is 505. The maximum absolute atomic E-state index is 11.8. The number of aliphatic hydroxyl groups is 1. The van der Waals surface area contributed by atoms with Crippen molar-refractivity contribution in [1.82, 2.24) is 0 Å². The molecule has 0 aromatic heterocycles. The zero-order valence-corrected chi connectivity index (χ0v) is 13.8. The second kappa shape index (κ2) is 7.63. The molecule has 1 heterocycles. The second-order valence-corrected chi connectivity index (χ2v) is 6.21. The van der Waals surface area contributed by atoms with Crippen LogP contribution in [0.2, 0.25) is 0 Å². The first kappa shape index (κ1) is 16.8. The summed E-state index contributed by atoms with van der Waals surface area (Å²) in [6.45, 7) is 8.35. The third-order valence-electron chi connectivity index (χ3n) is 4.40. The van der Waals surface area contributed by atoms with E-state index in [0.717, 1.165) is 37.2 Å². The Kier molecular flexibility index (Phi) is 5.83. The van der Waals surface area contributed by atoms with Crippen molar-refractivity contribution in [2.45, 2.75) is 46.1 Å². The summed E-state index contributed by atoms with van der Waals surface area (Å²) < 4.78 is 5.12. The van der Waals surface area contributed by atoms with E-state index in [1.54, 1.807) is 0 Å². The average molecular weight is 305 g/mol. The van der Waals surface area contributed by atoms with Crippen LogP contribution in [-0.4, -0.2) is 30.8 Å². The fourth-order valence-corrected chi connectivity index (χ4v) is 2.98. The molecular weight excluding hydrogens is 278 g/mol. The number of benzene rings is 1. The lowest BCUT2D eigenvalue weighted by Gasteiger charge is -2.34. The summed E-state index contributed by atoms with van der Waals surface area (Å²) >= 11 is 0. The van der Waals surface area contributed by atoms with Gasteiger partial charge in [0.25, 0.3) is 0 Å². The number of aliphatic hydroxyl groups excluding tert-OH is 1. The van der Waals surface area contributed by atoms with Gasteiger partial charge in [-0.25, -0.2) is 0 Å². The molecule has 0 saturated carbocycles. The standard InChI is InChI=1S/C18H27NO3/c1-4-22-18(21)14-7-9-19(10-8-14)17-11-15(13(2)3)5-6-16(17)12-20/h5-6,11,13-14,20H,4,7-10,12H2,1-3H3. The molecule has 1 aliphatic rings. The van der Waals surface area contributed by atoms with E-state index in [0.29, 0.717) is 12.5 Å². The third-order valence-corrected chi connectivity index (χ3v) is 4.40. The van der Waals surface area contributed by atoms with Crippen molar-refractivity contribution in [3.8, 4) is 0 Å². The maximum Gasteiger partial charge on any atom is 0.309 e. The molecule has 1 aromatic rings. The highest BCUT2D eigenvalue weighted by molar-refractivity contribution is 5.73. The van der Waals surface area contributed by atoms with Crippen LogP contribution in [0.25, 0.3) is 0 Å². The van der Waals surface area contributed by atoms with Crippen molar-refractivity contribution < 1.29 is 14.6 Å². The molecule has 2 rings (SSSR count). The predicted molar refractivity (Wildman–Crippen MR) is 88.0 cm³/mol. The molecule has 4 nitrogen and oxygen atoms in total. The van der Waals surface area contributed by atoms with Crippen LogP contribution < -0.4 is 4.90 Å². The molecule has 1 saturated heterocycles. The molecule has 0 atom stereocenters. The Hall–Kier alpha value is -1.55. The lowest BCUT2D eigenvalue weighted by molar-refractivity contribution is -0.148. The SMILES string of the molecule is CCOC(=O)C1CCN(c2cc(C(C)C)ccc2CO)CC1. The molecule has 4 heteroatoms. The van der Waals surface area contributed by atoms with Crippen LogP contribution in [0.3, 0.4) is 0 Å². The Morgan fingerprint density at radius 3 is 2.59 bits per heavy atom. The number of ether oxygens (including phenoxy) is 1. The van der Waals surface area contributed by atoms with Crippen molar-refractivity contribution in [1.29, 1.82) is 0 Å². The number of piperidine rings is 1. The molecule has 0 bridgehead atoms. The van der Waals surface area contributed by atoms with Crippen LogP contribution in [0.15, 0.2) is 18.2 Å². The van der Waals surface area contributed by atoms with E-state index in [-0.39, 0.29) is 18.5 Å². The maximum atomic E-state index is 11.8. The van der Waals surface area contributed by atoms with E-state index in [9.17, 15) is 9.90 Å². The predicted octanol–water partition coefficient (Wildman–Crippen LogP) is 3.08. The lowest BCUT2D eigenvalue weighted by Crippen LogP contribution is -2.37. The first-order valence-corrected chi connectivity index (χ1v) is 8.22. The number of carbonyl (C=O) groups excluding carboxylic acids is 1. The Morgan fingerprint density at radius 2 is 2.05 bits per heavy atom. The first-order valence-electron chi connectivity index (χ1n) is 8.22. The molecule has 1 aliphatic heterocycles. The Morgan fingerprint density at radius 1 is 1.36 bits per heavy atom. The molecule has 0 aliphatic carbocycles. The molecule has 0 unspecified atom stereocenters. The van der Waals surface area contributed by atoms with Crippen molar-refractivity contribution in [2.75, 3.05) is 24.6 Å². The van der Waals surface area contributed by atoms with Crippen molar-refractivity contribution in [3.63, 3.8) is 0 Å². The van der Waals surface area contributed by atoms with E-state index in [1.807, 2.05) is 13.0 Å². The minimum Gasteiger partial charge on any atom is -0.466 e. The average Bonchev–Trinajstić information content (AvgIpc) is 2.54. The minimum absolute atomic E-state index is 0.0158. The fraction of sp³-hybridized carbons (Fsp3) is 0.611. The van der Waals surface area contributed by atoms with Gasteiger partial charge in [-0.2, -0.15) is 0 Å². The van der Waals surface area contributed by atoms with Crippen molar-refractivity contribution in [2.24, 2.45) is 5.92 Å². The minimum atomic E-state index is -0.0690. The van der Waals surface area contributed by atoms with Gasteiger partial charge in [-0.3, -0.25) is 4.79 Å². The van der Waals surface area contributed by atoms with Gasteiger partial charge in [0.2, 0.25) is 0 Å². The Balaban J connectivity index is 2.10. The quantitative estimate of drug-likeness (QED) is 0.849. The topological polar surface area (TPSA) is 49.8 Å². The number of carbonyl (C=O) groups is 1. The molecular formula is C18H27NO3. The number of hydrogen-bond acceptors (Lipinski definition) is 4. The molecule has 0 spiro atoms. The highest BCUT2D eigenvalue weighted by Crippen LogP contribution is 2.30. The molecule has 1 fully saturated rings. The largest absolute Gasteiger partial charge is 0.466 e. The van der Waals surface area contributed by atoms with Gasteiger partial charge in [0.05, 0.1) is 19.1 Å². The summed E-state index contributed by atoms with van der Waals surface area (Å²) in [7, 11) is 0. The number of esters is 1. The van der Waals surface area contributed by atoms with Crippen LogP contribution in [0.4, 0.5) is 5.69 Å². The molecule has 1 aromatic carbocycles. The van der Waals surface area contributed by atoms with Crippen molar-refractivity contribution in [3.05, 3.63) is 29.3 Å². The summed E-state index contributed by atoms with van der Waals surface area (Å²) in [5, 5.41) is 9.59. The van der Waals surface area contributed by atoms with Crippen LogP contribution in [0.1, 0.15) is 50.7 Å². The summed E-state index contributed by atoms with van der Waals surface area (Å²) in [6, 6.07) is 6.29. The number of anilines is 1. The highest BCUT2D eigenvalue weighted by Gasteiger charge is 2.27. The van der Waals surface area contributed by atoms with E-state index in [2.05, 4.69) is 30.9 Å². The lowest BCUT2D eigenvalue weighted by atomic mass is 9.94. The fourth-order valence-electron chi connectivity index (χ4n) is 2.98. The zero-order chi connectivity index (χ0) is 16.1. The Labute approximate surface area is 133 Å². The van der Waals surface area contributed by atoms with Crippen LogP contribution in [0.5, 0.6) is 0 Å². The van der Waals surface area contributed by atoms with E-state index >= 15 is 0 Å². The van der Waals surface area contributed by atoms with Gasteiger partial charge in [0.15, 0.2) is 0 Å². The number of rotatable bonds is 5. The molecule has 0 amide bonds. The van der Waals surface area contributed by atoms with Crippen LogP contribution >= 0.6 is 0 Å². The van der Waals surface area contributed by atoms with Gasteiger partial charge in [-0.1, -0.05) is 26.0 Å². The van der Waals surface area contributed by atoms with Gasteiger partial charge < -0.3 is 14.7 Å². The summed E-state index contributed by atoms with van der Waals surface area (Å²) in [4.78, 5) is 14.1. The smallest absolute Gasteiger partial charge is 0.309 e. The third kappa shape index (κ3) is 3.80. The van der Waals surface area contributed by atoms with E-state index in [1.165, 1.54) is 5.56 Å². The van der Waals surface area contributed by atoms with Crippen LogP contribution in [-0.2, 0) is 16.1 Å².